The van der Waals surface area contributed by atoms with Crippen molar-refractivity contribution in [1.82, 2.24) is 9.97 Å². The molecule has 0 spiro atoms. The van der Waals surface area contributed by atoms with Gasteiger partial charge in [-0.15, -0.1) is 0 Å². The molecule has 4 nitrogen and oxygen atoms in total. The largest absolute Gasteiger partial charge is 0.394 e. The van der Waals surface area contributed by atoms with Crippen LogP contribution in [0, 0.1) is 5.41 Å². The number of imidazole rings is 1. The van der Waals surface area contributed by atoms with E-state index in [0.717, 1.165) is 5.82 Å². The molecule has 1 aromatic heterocycles. The first-order valence-electron chi connectivity index (χ1n) is 6.38. The van der Waals surface area contributed by atoms with Gasteiger partial charge in [0, 0.05) is 17.0 Å². The summed E-state index contributed by atoms with van der Waals surface area (Å²) in [6.07, 6.45) is 2.43. The normalized spacial score (nSPS) is 35.0. The van der Waals surface area contributed by atoms with Crippen molar-refractivity contribution >= 4 is 0 Å². The number of nitrogens with one attached hydrogen (secondary N) is 1. The molecule has 0 radical (unpaired) electrons. The lowest BCUT2D eigenvalue weighted by molar-refractivity contribution is 0.223. The first kappa shape index (κ1) is 11.2. The Morgan fingerprint density at radius 1 is 1.53 bits per heavy atom. The Labute approximate surface area is 102 Å². The molecule has 0 aromatic carbocycles. The summed E-state index contributed by atoms with van der Waals surface area (Å²) < 4.78 is 0. The number of hydrogen-bond donors (Lipinski definition) is 3. The summed E-state index contributed by atoms with van der Waals surface area (Å²) in [7, 11) is 0. The molecular formula is C13H21N3O. The number of hydrogen-bond acceptors (Lipinski definition) is 3. The summed E-state index contributed by atoms with van der Waals surface area (Å²) >= 11 is 0. The van der Waals surface area contributed by atoms with E-state index in [9.17, 15) is 0 Å². The average Bonchev–Trinajstić information content (AvgIpc) is 2.85. The Morgan fingerprint density at radius 3 is 2.82 bits per heavy atom. The number of fused-ring (bicyclic) bond motifs is 5. The van der Waals surface area contributed by atoms with E-state index in [4.69, 9.17) is 10.8 Å². The van der Waals surface area contributed by atoms with E-state index in [1.54, 1.807) is 0 Å². The van der Waals surface area contributed by atoms with Crippen molar-refractivity contribution in [2.45, 2.75) is 51.0 Å². The van der Waals surface area contributed by atoms with Crippen molar-refractivity contribution in [3.8, 4) is 0 Å². The predicted molar refractivity (Wildman–Crippen MR) is 65.7 cm³/mol. The highest BCUT2D eigenvalue weighted by molar-refractivity contribution is 5.42. The second kappa shape index (κ2) is 3.12. The fourth-order valence-electron chi connectivity index (χ4n) is 3.77. The predicted octanol–water partition coefficient (Wildman–Crippen LogP) is 1.58. The van der Waals surface area contributed by atoms with Crippen LogP contribution in [-0.4, -0.2) is 21.7 Å². The molecule has 1 aromatic rings. The Kier molecular flexibility index (Phi) is 2.06. The molecule has 1 heterocycles. The summed E-state index contributed by atoms with van der Waals surface area (Å²) in [5.41, 5.74) is 8.74. The SMILES string of the molecule is CC12CCC(c3[nH]c(C(N)CO)nc31)C2(C)C. The monoisotopic (exact) mass is 235 g/mol. The number of nitrogens with zero attached hydrogens (tertiary/aromatic N) is 1. The van der Waals surface area contributed by atoms with Crippen molar-refractivity contribution in [2.24, 2.45) is 11.1 Å². The van der Waals surface area contributed by atoms with Crippen LogP contribution in [-0.2, 0) is 5.41 Å². The lowest BCUT2D eigenvalue weighted by Gasteiger charge is -2.34. The molecule has 3 atom stereocenters. The number of aromatic amines is 1. The highest BCUT2D eigenvalue weighted by atomic mass is 16.3. The van der Waals surface area contributed by atoms with Crippen molar-refractivity contribution in [2.75, 3.05) is 6.61 Å². The number of aliphatic hydroxyl groups is 1. The molecule has 0 aliphatic heterocycles. The summed E-state index contributed by atoms with van der Waals surface area (Å²) in [6.45, 7) is 6.93. The van der Waals surface area contributed by atoms with Crippen molar-refractivity contribution in [3.63, 3.8) is 0 Å². The van der Waals surface area contributed by atoms with E-state index in [1.807, 2.05) is 0 Å². The van der Waals surface area contributed by atoms with Crippen LogP contribution < -0.4 is 5.73 Å². The maximum atomic E-state index is 9.11. The van der Waals surface area contributed by atoms with Crippen LogP contribution in [0.3, 0.4) is 0 Å². The number of nitrogens with two attached hydrogens (primary N) is 1. The molecule has 4 heteroatoms. The lowest BCUT2D eigenvalue weighted by atomic mass is 9.70. The van der Waals surface area contributed by atoms with Gasteiger partial charge in [0.25, 0.3) is 0 Å². The molecule has 94 valence electrons. The van der Waals surface area contributed by atoms with Crippen LogP contribution in [0.15, 0.2) is 0 Å². The molecule has 1 fully saturated rings. The Morgan fingerprint density at radius 2 is 2.24 bits per heavy atom. The van der Waals surface area contributed by atoms with Gasteiger partial charge in [0.1, 0.15) is 5.82 Å². The Bertz CT molecular complexity index is 465. The van der Waals surface area contributed by atoms with Crippen molar-refractivity contribution in [1.29, 1.82) is 0 Å². The zero-order valence-corrected chi connectivity index (χ0v) is 10.7. The fourth-order valence-corrected chi connectivity index (χ4v) is 3.77. The van der Waals surface area contributed by atoms with E-state index in [0.29, 0.717) is 5.92 Å². The number of H-pyrrole nitrogens is 1. The first-order valence-corrected chi connectivity index (χ1v) is 6.38. The van der Waals surface area contributed by atoms with Gasteiger partial charge in [-0.05, 0) is 18.3 Å². The smallest absolute Gasteiger partial charge is 0.125 e. The summed E-state index contributed by atoms with van der Waals surface area (Å²) in [5.74, 6) is 1.31. The molecule has 0 saturated heterocycles. The maximum absolute atomic E-state index is 9.11. The van der Waals surface area contributed by atoms with Crippen LogP contribution in [0.4, 0.5) is 0 Å². The minimum absolute atomic E-state index is 0.0584. The summed E-state index contributed by atoms with van der Waals surface area (Å²) in [6, 6.07) is -0.383. The number of aromatic nitrogens is 2. The summed E-state index contributed by atoms with van der Waals surface area (Å²) in [4.78, 5) is 8.03. The van der Waals surface area contributed by atoms with Crippen LogP contribution in [0.2, 0.25) is 0 Å². The molecule has 17 heavy (non-hydrogen) atoms. The van der Waals surface area contributed by atoms with Gasteiger partial charge in [-0.1, -0.05) is 20.8 Å². The molecule has 0 amide bonds. The van der Waals surface area contributed by atoms with Gasteiger partial charge in [0.15, 0.2) is 0 Å². The van der Waals surface area contributed by atoms with E-state index in [-0.39, 0.29) is 23.5 Å². The van der Waals surface area contributed by atoms with E-state index < -0.39 is 0 Å². The van der Waals surface area contributed by atoms with Gasteiger partial charge < -0.3 is 15.8 Å². The highest BCUT2D eigenvalue weighted by Gasteiger charge is 2.61. The third-order valence-corrected chi connectivity index (χ3v) is 5.40. The third-order valence-electron chi connectivity index (χ3n) is 5.40. The molecule has 2 aliphatic carbocycles. The second-order valence-electron chi connectivity index (χ2n) is 6.32. The van der Waals surface area contributed by atoms with Crippen molar-refractivity contribution < 1.29 is 5.11 Å². The van der Waals surface area contributed by atoms with Crippen LogP contribution >= 0.6 is 0 Å². The molecule has 4 N–H and O–H groups in total. The second-order valence-corrected chi connectivity index (χ2v) is 6.32. The van der Waals surface area contributed by atoms with E-state index in [2.05, 4.69) is 30.7 Å². The van der Waals surface area contributed by atoms with Gasteiger partial charge >= 0.3 is 0 Å². The van der Waals surface area contributed by atoms with Gasteiger partial charge in [-0.2, -0.15) is 0 Å². The molecular weight excluding hydrogens is 214 g/mol. The molecule has 2 bridgehead atoms. The van der Waals surface area contributed by atoms with Crippen LogP contribution in [0.5, 0.6) is 0 Å². The van der Waals surface area contributed by atoms with Crippen molar-refractivity contribution in [3.05, 3.63) is 17.2 Å². The molecule has 3 rings (SSSR count). The number of rotatable bonds is 2. The standard InChI is InChI=1S/C13H21N3O/c1-12(2)7-4-5-13(12,3)10-9(7)15-11(16-10)8(14)6-17/h7-8,17H,4-6,14H2,1-3H3,(H,15,16). The summed E-state index contributed by atoms with van der Waals surface area (Å²) in [5, 5.41) is 9.11. The van der Waals surface area contributed by atoms with E-state index >= 15 is 0 Å². The first-order chi connectivity index (χ1) is 7.91. The van der Waals surface area contributed by atoms with Crippen LogP contribution in [0.1, 0.15) is 62.8 Å². The Balaban J connectivity index is 2.10. The average molecular weight is 235 g/mol. The zero-order valence-electron chi connectivity index (χ0n) is 10.7. The van der Waals surface area contributed by atoms with Gasteiger partial charge in [0.2, 0.25) is 0 Å². The molecule has 3 unspecified atom stereocenters. The topological polar surface area (TPSA) is 74.9 Å². The van der Waals surface area contributed by atoms with Crippen LogP contribution in [0.25, 0.3) is 0 Å². The zero-order chi connectivity index (χ0) is 12.4. The maximum Gasteiger partial charge on any atom is 0.125 e. The Hall–Kier alpha value is -0.870. The minimum Gasteiger partial charge on any atom is -0.394 e. The molecule has 1 saturated carbocycles. The number of aliphatic hydroxyl groups excluding tert-OH is 1. The van der Waals surface area contributed by atoms with Gasteiger partial charge in [0.05, 0.1) is 18.3 Å². The van der Waals surface area contributed by atoms with E-state index in [1.165, 1.54) is 24.2 Å². The quantitative estimate of drug-likeness (QED) is 0.728. The minimum atomic E-state index is -0.383. The molecule has 2 aliphatic rings. The van der Waals surface area contributed by atoms with Gasteiger partial charge in [-0.3, -0.25) is 0 Å². The highest BCUT2D eigenvalue weighted by Crippen LogP contribution is 2.66. The lowest BCUT2D eigenvalue weighted by Crippen LogP contribution is -2.32. The third kappa shape index (κ3) is 1.13. The van der Waals surface area contributed by atoms with Gasteiger partial charge in [-0.25, -0.2) is 4.98 Å². The fraction of sp³-hybridized carbons (Fsp3) is 0.769.